The molecule has 0 bridgehead atoms. The van der Waals surface area contributed by atoms with Crippen molar-refractivity contribution >= 4 is 11.8 Å². The number of anilines is 2. The van der Waals surface area contributed by atoms with E-state index in [4.69, 9.17) is 10.3 Å². The summed E-state index contributed by atoms with van der Waals surface area (Å²) in [4.78, 5) is 12.9. The van der Waals surface area contributed by atoms with Crippen molar-refractivity contribution in [2.45, 2.75) is 52.0 Å². The Labute approximate surface area is 129 Å². The highest BCUT2D eigenvalue weighted by Gasteiger charge is 2.31. The molecule has 3 N–H and O–H groups in total. The lowest BCUT2D eigenvalue weighted by molar-refractivity contribution is 0.332. The largest absolute Gasteiger partial charge is 0.368 e. The van der Waals surface area contributed by atoms with Gasteiger partial charge in [0.05, 0.1) is 0 Å². The highest BCUT2D eigenvalue weighted by atomic mass is 16.5. The Hall–Kier alpha value is -2.18. The standard InChI is InChI=1S/C15H22N6O/c1-4-9-7-17-15(16)20-12(9)18-11(8(2)3)14-19-13(21-22-14)10-5-6-10/h7-8,10-11H,4-6H2,1-3H3,(H3,16,17,18,20). The van der Waals surface area contributed by atoms with Gasteiger partial charge >= 0.3 is 0 Å². The summed E-state index contributed by atoms with van der Waals surface area (Å²) in [7, 11) is 0. The van der Waals surface area contributed by atoms with Crippen LogP contribution in [-0.4, -0.2) is 20.1 Å². The zero-order valence-electron chi connectivity index (χ0n) is 13.2. The van der Waals surface area contributed by atoms with Crippen LogP contribution in [0.5, 0.6) is 0 Å². The van der Waals surface area contributed by atoms with E-state index in [9.17, 15) is 0 Å². The van der Waals surface area contributed by atoms with Crippen LogP contribution in [0.25, 0.3) is 0 Å². The molecule has 22 heavy (non-hydrogen) atoms. The summed E-state index contributed by atoms with van der Waals surface area (Å²) >= 11 is 0. The molecule has 1 fully saturated rings. The third kappa shape index (κ3) is 3.03. The Bertz CT molecular complexity index is 649. The average molecular weight is 302 g/mol. The molecule has 1 aliphatic carbocycles. The van der Waals surface area contributed by atoms with Crippen LogP contribution in [0.1, 0.15) is 62.9 Å². The van der Waals surface area contributed by atoms with Gasteiger partial charge in [-0.1, -0.05) is 25.9 Å². The zero-order valence-corrected chi connectivity index (χ0v) is 13.2. The van der Waals surface area contributed by atoms with Crippen LogP contribution in [0.4, 0.5) is 11.8 Å². The lowest BCUT2D eigenvalue weighted by Gasteiger charge is -2.20. The number of rotatable bonds is 6. The van der Waals surface area contributed by atoms with Crippen molar-refractivity contribution < 1.29 is 4.52 Å². The summed E-state index contributed by atoms with van der Waals surface area (Å²) in [5.41, 5.74) is 6.73. The molecule has 1 aliphatic rings. The lowest BCUT2D eigenvalue weighted by atomic mass is 10.0. The summed E-state index contributed by atoms with van der Waals surface area (Å²) in [6.07, 6.45) is 4.89. The van der Waals surface area contributed by atoms with Gasteiger partial charge in [-0.3, -0.25) is 0 Å². The molecular weight excluding hydrogens is 280 g/mol. The molecular formula is C15H22N6O. The normalized spacial score (nSPS) is 16.0. The van der Waals surface area contributed by atoms with E-state index in [0.29, 0.717) is 11.8 Å². The van der Waals surface area contributed by atoms with Gasteiger partial charge in [0.15, 0.2) is 5.82 Å². The van der Waals surface area contributed by atoms with Gasteiger partial charge in [0.1, 0.15) is 11.9 Å². The Morgan fingerprint density at radius 2 is 2.14 bits per heavy atom. The highest BCUT2D eigenvalue weighted by molar-refractivity contribution is 5.47. The molecule has 3 rings (SSSR count). The van der Waals surface area contributed by atoms with Crippen molar-refractivity contribution in [3.63, 3.8) is 0 Å². The Morgan fingerprint density at radius 3 is 2.77 bits per heavy atom. The minimum atomic E-state index is -0.0976. The number of hydrogen-bond donors (Lipinski definition) is 2. The maximum atomic E-state index is 5.71. The number of aryl methyl sites for hydroxylation is 1. The number of nitrogens with one attached hydrogen (secondary N) is 1. The smallest absolute Gasteiger partial charge is 0.249 e. The molecule has 1 unspecified atom stereocenters. The van der Waals surface area contributed by atoms with Crippen molar-refractivity contribution in [2.24, 2.45) is 5.92 Å². The zero-order chi connectivity index (χ0) is 15.7. The van der Waals surface area contributed by atoms with Crippen molar-refractivity contribution in [1.82, 2.24) is 20.1 Å². The summed E-state index contributed by atoms with van der Waals surface area (Å²) in [6.45, 7) is 6.27. The molecule has 0 aliphatic heterocycles. The summed E-state index contributed by atoms with van der Waals surface area (Å²) < 4.78 is 5.47. The predicted molar refractivity (Wildman–Crippen MR) is 83.3 cm³/mol. The van der Waals surface area contributed by atoms with E-state index in [1.165, 1.54) is 0 Å². The second kappa shape index (κ2) is 5.90. The first-order valence-electron chi connectivity index (χ1n) is 7.80. The van der Waals surface area contributed by atoms with Crippen molar-refractivity contribution in [3.05, 3.63) is 23.5 Å². The van der Waals surface area contributed by atoms with Gasteiger partial charge in [0.25, 0.3) is 0 Å². The molecule has 0 saturated heterocycles. The Balaban J connectivity index is 1.86. The maximum absolute atomic E-state index is 5.71. The third-order valence-corrected chi connectivity index (χ3v) is 3.89. The van der Waals surface area contributed by atoms with Gasteiger partial charge in [0.2, 0.25) is 11.8 Å². The van der Waals surface area contributed by atoms with E-state index in [2.05, 4.69) is 46.2 Å². The van der Waals surface area contributed by atoms with Crippen LogP contribution in [0.2, 0.25) is 0 Å². The molecule has 1 atom stereocenters. The van der Waals surface area contributed by atoms with Crippen LogP contribution in [0, 0.1) is 5.92 Å². The highest BCUT2D eigenvalue weighted by Crippen LogP contribution is 2.39. The Kier molecular flexibility index (Phi) is 3.96. The third-order valence-electron chi connectivity index (χ3n) is 3.89. The topological polar surface area (TPSA) is 103 Å². The summed E-state index contributed by atoms with van der Waals surface area (Å²) in [5, 5.41) is 7.50. The monoisotopic (exact) mass is 302 g/mol. The first-order valence-corrected chi connectivity index (χ1v) is 7.80. The van der Waals surface area contributed by atoms with E-state index in [-0.39, 0.29) is 17.9 Å². The predicted octanol–water partition coefficient (Wildman–Crippen LogP) is 2.69. The number of aromatic nitrogens is 4. The molecule has 0 spiro atoms. The van der Waals surface area contributed by atoms with E-state index < -0.39 is 0 Å². The number of hydrogen-bond acceptors (Lipinski definition) is 7. The molecule has 118 valence electrons. The molecule has 2 aromatic rings. The average Bonchev–Trinajstić information content (AvgIpc) is 3.23. The molecule has 0 radical (unpaired) electrons. The minimum absolute atomic E-state index is 0.0976. The van der Waals surface area contributed by atoms with Gasteiger partial charge < -0.3 is 15.6 Å². The van der Waals surface area contributed by atoms with Crippen molar-refractivity contribution in [3.8, 4) is 0 Å². The second-order valence-electron chi connectivity index (χ2n) is 6.09. The van der Waals surface area contributed by atoms with Crippen LogP contribution < -0.4 is 11.1 Å². The fourth-order valence-corrected chi connectivity index (χ4v) is 2.35. The molecule has 2 aromatic heterocycles. The van der Waals surface area contributed by atoms with Gasteiger partial charge in [0, 0.05) is 17.7 Å². The number of nitrogens with zero attached hydrogens (tertiary/aromatic N) is 4. The molecule has 0 aromatic carbocycles. The van der Waals surface area contributed by atoms with Gasteiger partial charge in [-0.05, 0) is 25.2 Å². The summed E-state index contributed by atoms with van der Waals surface area (Å²) in [6, 6.07) is -0.0976. The van der Waals surface area contributed by atoms with Crippen LogP contribution in [0.15, 0.2) is 10.7 Å². The molecule has 2 heterocycles. The van der Waals surface area contributed by atoms with E-state index in [1.54, 1.807) is 6.20 Å². The number of nitrogens with two attached hydrogens (primary N) is 1. The van der Waals surface area contributed by atoms with E-state index in [0.717, 1.165) is 36.5 Å². The number of nitrogen functional groups attached to an aromatic ring is 1. The van der Waals surface area contributed by atoms with Crippen molar-refractivity contribution in [2.75, 3.05) is 11.1 Å². The minimum Gasteiger partial charge on any atom is -0.368 e. The first-order chi connectivity index (χ1) is 10.6. The first kappa shape index (κ1) is 14.7. The fourth-order valence-electron chi connectivity index (χ4n) is 2.35. The summed E-state index contributed by atoms with van der Waals surface area (Å²) in [5.74, 6) is 3.17. The molecule has 0 amide bonds. The molecule has 7 nitrogen and oxygen atoms in total. The quantitative estimate of drug-likeness (QED) is 0.845. The van der Waals surface area contributed by atoms with Crippen molar-refractivity contribution in [1.29, 1.82) is 0 Å². The molecule has 7 heteroatoms. The van der Waals surface area contributed by atoms with Crippen LogP contribution in [-0.2, 0) is 6.42 Å². The van der Waals surface area contributed by atoms with Crippen LogP contribution in [0.3, 0.4) is 0 Å². The SMILES string of the molecule is CCc1cnc(N)nc1NC(c1nc(C2CC2)no1)C(C)C. The lowest BCUT2D eigenvalue weighted by Crippen LogP contribution is -2.19. The van der Waals surface area contributed by atoms with E-state index in [1.807, 2.05) is 0 Å². The molecule has 1 saturated carbocycles. The van der Waals surface area contributed by atoms with Gasteiger partial charge in [-0.2, -0.15) is 9.97 Å². The van der Waals surface area contributed by atoms with Crippen LogP contribution >= 0.6 is 0 Å². The maximum Gasteiger partial charge on any atom is 0.249 e. The fraction of sp³-hybridized carbons (Fsp3) is 0.600. The van der Waals surface area contributed by atoms with Gasteiger partial charge in [-0.25, -0.2) is 4.98 Å². The van der Waals surface area contributed by atoms with E-state index >= 15 is 0 Å². The Morgan fingerprint density at radius 1 is 1.36 bits per heavy atom. The second-order valence-corrected chi connectivity index (χ2v) is 6.09. The van der Waals surface area contributed by atoms with Gasteiger partial charge in [-0.15, -0.1) is 0 Å².